The summed E-state index contributed by atoms with van der Waals surface area (Å²) in [5.74, 6) is 1.38. The van der Waals surface area contributed by atoms with Crippen LogP contribution in [-0.2, 0) is 0 Å². The second kappa shape index (κ2) is 9.14. The molecule has 0 spiro atoms. The van der Waals surface area contributed by atoms with Crippen LogP contribution >= 0.6 is 0 Å². The Hall–Kier alpha value is -3.45. The lowest BCUT2D eigenvalue weighted by molar-refractivity contribution is 0.100. The molecule has 31 heavy (non-hydrogen) atoms. The second-order valence-electron chi connectivity index (χ2n) is 7.71. The quantitative estimate of drug-likeness (QED) is 0.534. The maximum absolute atomic E-state index is 12.0. The Kier molecular flexibility index (Phi) is 6.13. The van der Waals surface area contributed by atoms with Crippen molar-refractivity contribution in [2.45, 2.75) is 37.8 Å². The van der Waals surface area contributed by atoms with Gasteiger partial charge in [0.25, 0.3) is 5.91 Å². The van der Waals surface area contributed by atoms with Gasteiger partial charge >= 0.3 is 0 Å². The van der Waals surface area contributed by atoms with Gasteiger partial charge in [0, 0.05) is 24.0 Å². The number of ether oxygens (including phenoxy) is 2. The van der Waals surface area contributed by atoms with Crippen LogP contribution in [-0.4, -0.2) is 34.8 Å². The van der Waals surface area contributed by atoms with E-state index < -0.39 is 5.91 Å². The third-order valence-electron chi connectivity index (χ3n) is 5.60. The first kappa shape index (κ1) is 20.8. The van der Waals surface area contributed by atoms with Gasteiger partial charge in [-0.05, 0) is 62.1 Å². The molecule has 1 amide bonds. The number of nitrogens with zero attached hydrogens (tertiary/aromatic N) is 1. The first-order chi connectivity index (χ1) is 15.0. The molecule has 4 N–H and O–H groups in total. The molecule has 7 heteroatoms. The number of carbonyl (C=O) groups is 1. The third-order valence-corrected chi connectivity index (χ3v) is 5.60. The summed E-state index contributed by atoms with van der Waals surface area (Å²) < 4.78 is 13.4. The highest BCUT2D eigenvalue weighted by Crippen LogP contribution is 2.33. The molecule has 162 valence electrons. The Morgan fingerprint density at radius 2 is 1.81 bits per heavy atom. The van der Waals surface area contributed by atoms with Crippen molar-refractivity contribution in [1.29, 1.82) is 0 Å². The normalized spacial score (nSPS) is 18.4. The highest BCUT2D eigenvalue weighted by molar-refractivity contribution is 5.99. The van der Waals surface area contributed by atoms with Crippen molar-refractivity contribution in [1.82, 2.24) is 4.57 Å². The van der Waals surface area contributed by atoms with Crippen molar-refractivity contribution in [3.05, 3.63) is 66.4 Å². The van der Waals surface area contributed by atoms with E-state index in [9.17, 15) is 9.90 Å². The fraction of sp³-hybridized carbons (Fsp3) is 0.292. The Labute approximate surface area is 181 Å². The SMILES string of the molecule is COc1ccccc1Oc1cccn1-c1ccc(C(N)=O)c(N[C@H]2CC[C@H](O)CC2)c1. The summed E-state index contributed by atoms with van der Waals surface area (Å²) in [4.78, 5) is 12.0. The van der Waals surface area contributed by atoms with Crippen LogP contribution in [0.2, 0.25) is 0 Å². The molecule has 3 aromatic rings. The number of hydrogen-bond donors (Lipinski definition) is 3. The summed E-state index contributed by atoms with van der Waals surface area (Å²) in [5, 5.41) is 13.2. The molecular formula is C24H27N3O4. The van der Waals surface area contributed by atoms with E-state index in [1.807, 2.05) is 59.3 Å². The number of hydrogen-bond acceptors (Lipinski definition) is 5. The van der Waals surface area contributed by atoms with Gasteiger partial charge in [-0.25, -0.2) is 0 Å². The number of methoxy groups -OCH3 is 1. The summed E-state index contributed by atoms with van der Waals surface area (Å²) in [6.07, 6.45) is 4.83. The van der Waals surface area contributed by atoms with Gasteiger partial charge in [0.1, 0.15) is 0 Å². The minimum Gasteiger partial charge on any atom is -0.493 e. The number of anilines is 1. The topological polar surface area (TPSA) is 98.7 Å². The molecule has 1 aromatic heterocycles. The van der Waals surface area contributed by atoms with E-state index in [1.54, 1.807) is 13.2 Å². The summed E-state index contributed by atoms with van der Waals surface area (Å²) in [6.45, 7) is 0. The van der Waals surface area contributed by atoms with E-state index in [0.29, 0.717) is 28.6 Å². The third kappa shape index (κ3) is 4.67. The number of benzene rings is 2. The van der Waals surface area contributed by atoms with Crippen molar-refractivity contribution < 1.29 is 19.4 Å². The van der Waals surface area contributed by atoms with Crippen molar-refractivity contribution in [2.75, 3.05) is 12.4 Å². The zero-order chi connectivity index (χ0) is 21.8. The van der Waals surface area contributed by atoms with Crippen molar-refractivity contribution in [2.24, 2.45) is 5.73 Å². The Bertz CT molecular complexity index is 1050. The fourth-order valence-corrected chi connectivity index (χ4v) is 3.93. The molecule has 0 atom stereocenters. The van der Waals surface area contributed by atoms with E-state index in [4.69, 9.17) is 15.2 Å². The van der Waals surface area contributed by atoms with Crippen LogP contribution in [0, 0.1) is 0 Å². The van der Waals surface area contributed by atoms with Crippen LogP contribution in [0.5, 0.6) is 17.4 Å². The number of aromatic nitrogens is 1. The van der Waals surface area contributed by atoms with Gasteiger partial charge in [-0.15, -0.1) is 0 Å². The van der Waals surface area contributed by atoms with Crippen LogP contribution in [0.25, 0.3) is 5.69 Å². The number of aliphatic hydroxyl groups excluding tert-OH is 1. The van der Waals surface area contributed by atoms with Crippen LogP contribution in [0.4, 0.5) is 5.69 Å². The van der Waals surface area contributed by atoms with Crippen molar-refractivity contribution >= 4 is 11.6 Å². The first-order valence-corrected chi connectivity index (χ1v) is 10.4. The molecule has 1 saturated carbocycles. The highest BCUT2D eigenvalue weighted by atomic mass is 16.5. The van der Waals surface area contributed by atoms with E-state index in [2.05, 4.69) is 5.32 Å². The molecule has 7 nitrogen and oxygen atoms in total. The smallest absolute Gasteiger partial charge is 0.250 e. The van der Waals surface area contributed by atoms with Crippen LogP contribution in [0.3, 0.4) is 0 Å². The number of para-hydroxylation sites is 2. The molecule has 0 unspecified atom stereocenters. The number of aliphatic hydroxyl groups is 1. The van der Waals surface area contributed by atoms with Gasteiger partial charge in [-0.1, -0.05) is 12.1 Å². The molecule has 1 aliphatic carbocycles. The highest BCUT2D eigenvalue weighted by Gasteiger charge is 2.21. The van der Waals surface area contributed by atoms with Gasteiger partial charge in [0.2, 0.25) is 5.88 Å². The largest absolute Gasteiger partial charge is 0.493 e. The van der Waals surface area contributed by atoms with Gasteiger partial charge < -0.3 is 25.6 Å². The number of carbonyl (C=O) groups excluding carboxylic acids is 1. The van der Waals surface area contributed by atoms with Crippen LogP contribution in [0.15, 0.2) is 60.8 Å². The molecule has 0 saturated heterocycles. The molecule has 1 aliphatic rings. The lowest BCUT2D eigenvalue weighted by Crippen LogP contribution is -2.29. The predicted molar refractivity (Wildman–Crippen MR) is 119 cm³/mol. The first-order valence-electron chi connectivity index (χ1n) is 10.4. The summed E-state index contributed by atoms with van der Waals surface area (Å²) in [5.41, 5.74) is 7.56. The van der Waals surface area contributed by atoms with Gasteiger partial charge in [0.15, 0.2) is 11.5 Å². The second-order valence-corrected chi connectivity index (χ2v) is 7.71. The Morgan fingerprint density at radius 3 is 2.52 bits per heavy atom. The number of rotatable bonds is 7. The standard InChI is InChI=1S/C24H27N3O4/c1-30-21-5-2-3-6-22(21)31-23-7-4-14-27(23)17-10-13-19(24(25)29)20(15-17)26-16-8-11-18(28)12-9-16/h2-7,10,13-16,18,26,28H,8-9,11-12H2,1H3,(H2,25,29)/t16-,18-. The minimum absolute atomic E-state index is 0.186. The Morgan fingerprint density at radius 1 is 1.06 bits per heavy atom. The van der Waals surface area contributed by atoms with Gasteiger partial charge in [-0.3, -0.25) is 9.36 Å². The van der Waals surface area contributed by atoms with E-state index in [1.165, 1.54) is 0 Å². The number of nitrogens with two attached hydrogens (primary N) is 1. The Balaban J connectivity index is 1.63. The number of primary amides is 1. The van der Waals surface area contributed by atoms with Crippen molar-refractivity contribution in [3.63, 3.8) is 0 Å². The lowest BCUT2D eigenvalue weighted by atomic mass is 9.92. The number of amides is 1. The molecule has 0 aliphatic heterocycles. The van der Waals surface area contributed by atoms with E-state index >= 15 is 0 Å². The fourth-order valence-electron chi connectivity index (χ4n) is 3.93. The molecular weight excluding hydrogens is 394 g/mol. The maximum Gasteiger partial charge on any atom is 0.250 e. The van der Waals surface area contributed by atoms with Crippen LogP contribution < -0.4 is 20.5 Å². The zero-order valence-corrected chi connectivity index (χ0v) is 17.5. The van der Waals surface area contributed by atoms with Gasteiger partial charge in [-0.2, -0.15) is 0 Å². The van der Waals surface area contributed by atoms with Gasteiger partial charge in [0.05, 0.1) is 24.5 Å². The molecule has 4 rings (SSSR count). The van der Waals surface area contributed by atoms with Crippen LogP contribution in [0.1, 0.15) is 36.0 Å². The summed E-state index contributed by atoms with van der Waals surface area (Å²) >= 11 is 0. The summed E-state index contributed by atoms with van der Waals surface area (Å²) in [6, 6.07) is 16.9. The molecule has 2 aromatic carbocycles. The number of nitrogens with one attached hydrogen (secondary N) is 1. The van der Waals surface area contributed by atoms with E-state index in [-0.39, 0.29) is 12.1 Å². The average Bonchev–Trinajstić information content (AvgIpc) is 3.23. The lowest BCUT2D eigenvalue weighted by Gasteiger charge is -2.28. The molecule has 0 bridgehead atoms. The minimum atomic E-state index is -0.483. The molecule has 1 heterocycles. The predicted octanol–water partition coefficient (Wildman–Crippen LogP) is 4.09. The monoisotopic (exact) mass is 421 g/mol. The zero-order valence-electron chi connectivity index (χ0n) is 17.5. The maximum atomic E-state index is 12.0. The van der Waals surface area contributed by atoms with Crippen molar-refractivity contribution in [3.8, 4) is 23.1 Å². The van der Waals surface area contributed by atoms with E-state index in [0.717, 1.165) is 31.4 Å². The molecule has 0 radical (unpaired) electrons. The average molecular weight is 421 g/mol. The summed E-state index contributed by atoms with van der Waals surface area (Å²) in [7, 11) is 1.60. The molecule has 1 fully saturated rings.